The lowest BCUT2D eigenvalue weighted by atomic mass is 9.85. The number of allylic oxidation sites excluding steroid dienone is 10. The number of esters is 2. The van der Waals surface area contributed by atoms with Gasteiger partial charge in [-0.25, -0.2) is 4.57 Å². The molecule has 0 amide bonds. The fourth-order valence-electron chi connectivity index (χ4n) is 6.27. The Kier molecular flexibility index (Phi) is 32.5. The zero-order valence-electron chi connectivity index (χ0n) is 35.8. The van der Waals surface area contributed by atoms with Crippen molar-refractivity contribution in [2.75, 3.05) is 13.2 Å². The number of hydrogen-bond acceptors (Lipinski definition) is 12. The fraction of sp³-hybridized carbons (Fsp3) is 0.733. The highest BCUT2D eigenvalue weighted by atomic mass is 31.2. The van der Waals surface area contributed by atoms with Crippen LogP contribution in [-0.4, -0.2) is 98.3 Å². The van der Waals surface area contributed by atoms with Crippen LogP contribution >= 0.6 is 7.82 Å². The van der Waals surface area contributed by atoms with Crippen LogP contribution in [0.3, 0.4) is 0 Å². The van der Waals surface area contributed by atoms with Gasteiger partial charge in [0, 0.05) is 12.8 Å². The summed E-state index contributed by atoms with van der Waals surface area (Å²) in [5.41, 5.74) is 0. The first-order valence-electron chi connectivity index (χ1n) is 22.1. The fourth-order valence-corrected chi connectivity index (χ4v) is 7.24. The highest BCUT2D eigenvalue weighted by molar-refractivity contribution is 7.47. The van der Waals surface area contributed by atoms with Crippen LogP contribution in [0.1, 0.15) is 155 Å². The SMILES string of the molecule is CC/C=C\C/C=C\C/C=C\CCCCCCCC(=O)O[C@H](COC(=O)CCCCCCC/C=C\C/C=C\CCCCC)COP(=O)(O)OC1[C@H](O)[C@H](O)C(O)[C@H](O)[C@H]1O. The molecule has 0 aromatic carbocycles. The predicted octanol–water partition coefficient (Wildman–Crippen LogP) is 8.16. The van der Waals surface area contributed by atoms with Crippen LogP contribution in [-0.2, 0) is 32.7 Å². The number of aliphatic hydroxyl groups is 5. The van der Waals surface area contributed by atoms with Gasteiger partial charge in [0.1, 0.15) is 43.2 Å². The minimum atomic E-state index is -5.13. The number of hydrogen-bond donors (Lipinski definition) is 6. The molecule has 340 valence electrons. The lowest BCUT2D eigenvalue weighted by Gasteiger charge is -2.41. The Hall–Kier alpha value is -2.45. The summed E-state index contributed by atoms with van der Waals surface area (Å²) < 4.78 is 33.4. The predicted molar refractivity (Wildman–Crippen MR) is 230 cm³/mol. The van der Waals surface area contributed by atoms with Gasteiger partial charge in [-0.1, -0.05) is 126 Å². The van der Waals surface area contributed by atoms with Crippen molar-refractivity contribution in [3.8, 4) is 0 Å². The van der Waals surface area contributed by atoms with E-state index in [9.17, 15) is 44.6 Å². The van der Waals surface area contributed by atoms with Crippen molar-refractivity contribution in [3.05, 3.63) is 60.8 Å². The Bertz CT molecular complexity index is 1270. The molecule has 1 aliphatic rings. The Morgan fingerprint density at radius 1 is 0.542 bits per heavy atom. The maximum atomic E-state index is 12.8. The summed E-state index contributed by atoms with van der Waals surface area (Å²) >= 11 is 0. The molecule has 6 N–H and O–H groups in total. The van der Waals surface area contributed by atoms with Crippen molar-refractivity contribution in [1.29, 1.82) is 0 Å². The van der Waals surface area contributed by atoms with E-state index in [0.29, 0.717) is 12.8 Å². The van der Waals surface area contributed by atoms with Crippen LogP contribution in [0.5, 0.6) is 0 Å². The standard InChI is InChI=1S/C45H77O13P/c1-3-5-7-9-11-13-15-17-19-21-23-25-27-29-31-33-38(46)55-35-37(36-56-59(53,54)58-45-43(51)41(49)40(48)42(50)44(45)52)57-39(47)34-32-30-28-26-24-22-20-18-16-14-12-10-8-6-4-2/h6,8,11-14,17-20,37,40-45,48-52H,3-5,7,9-10,15-16,21-36H2,1-2H3,(H,53,54)/b8-6-,13-11-,14-12-,19-17-,20-18-/t37-,40?,41-,42+,43-,44-,45?/m1/s1. The van der Waals surface area contributed by atoms with Gasteiger partial charge >= 0.3 is 19.8 Å². The van der Waals surface area contributed by atoms with Crippen LogP contribution in [0, 0.1) is 0 Å². The van der Waals surface area contributed by atoms with Crippen molar-refractivity contribution < 1.29 is 63.1 Å². The summed E-state index contributed by atoms with van der Waals surface area (Å²) in [6, 6.07) is 0. The zero-order valence-corrected chi connectivity index (χ0v) is 36.7. The van der Waals surface area contributed by atoms with E-state index in [2.05, 4.69) is 74.6 Å². The first-order valence-corrected chi connectivity index (χ1v) is 23.6. The summed E-state index contributed by atoms with van der Waals surface area (Å²) in [6.45, 7) is 3.12. The average molecular weight is 857 g/mol. The molecule has 0 aliphatic heterocycles. The van der Waals surface area contributed by atoms with E-state index in [1.54, 1.807) is 0 Å². The molecule has 0 radical (unpaired) electrons. The maximum absolute atomic E-state index is 12.8. The second-order valence-corrected chi connectivity index (χ2v) is 16.6. The van der Waals surface area contributed by atoms with Gasteiger partial charge in [0.25, 0.3) is 0 Å². The number of ether oxygens (including phenoxy) is 2. The molecule has 13 nitrogen and oxygen atoms in total. The zero-order chi connectivity index (χ0) is 43.6. The van der Waals surface area contributed by atoms with Gasteiger partial charge in [-0.2, -0.15) is 0 Å². The van der Waals surface area contributed by atoms with Gasteiger partial charge < -0.3 is 39.9 Å². The molecule has 0 heterocycles. The molecule has 1 aliphatic carbocycles. The third-order valence-corrected chi connectivity index (χ3v) is 10.8. The van der Waals surface area contributed by atoms with E-state index >= 15 is 0 Å². The molecule has 0 bridgehead atoms. The molecule has 8 atom stereocenters. The molecule has 0 saturated heterocycles. The first kappa shape index (κ1) is 54.6. The number of carbonyl (C=O) groups excluding carboxylic acids is 2. The largest absolute Gasteiger partial charge is 0.472 e. The van der Waals surface area contributed by atoms with Gasteiger partial charge in [-0.05, 0) is 77.0 Å². The Morgan fingerprint density at radius 2 is 0.966 bits per heavy atom. The lowest BCUT2D eigenvalue weighted by Crippen LogP contribution is -2.64. The molecule has 0 aromatic heterocycles. The van der Waals surface area contributed by atoms with Gasteiger partial charge in [-0.3, -0.25) is 18.6 Å². The van der Waals surface area contributed by atoms with E-state index in [1.807, 2.05) is 0 Å². The van der Waals surface area contributed by atoms with E-state index in [4.69, 9.17) is 18.5 Å². The first-order chi connectivity index (χ1) is 28.4. The lowest BCUT2D eigenvalue weighted by molar-refractivity contribution is -0.220. The van der Waals surface area contributed by atoms with Gasteiger partial charge in [0.2, 0.25) is 0 Å². The van der Waals surface area contributed by atoms with Crippen LogP contribution in [0.25, 0.3) is 0 Å². The minimum absolute atomic E-state index is 0.0714. The minimum Gasteiger partial charge on any atom is -0.462 e. The Balaban J connectivity index is 2.51. The topological polar surface area (TPSA) is 210 Å². The molecule has 1 rings (SSSR count). The number of carbonyl (C=O) groups is 2. The van der Waals surface area contributed by atoms with Crippen molar-refractivity contribution in [2.45, 2.75) is 198 Å². The van der Waals surface area contributed by atoms with Crippen LogP contribution in [0.4, 0.5) is 0 Å². The van der Waals surface area contributed by atoms with E-state index in [-0.39, 0.29) is 12.8 Å². The summed E-state index contributed by atoms with van der Waals surface area (Å²) in [7, 11) is -5.13. The molecule has 0 aromatic rings. The number of rotatable bonds is 35. The molecule has 0 spiro atoms. The van der Waals surface area contributed by atoms with E-state index in [1.165, 1.54) is 19.3 Å². The third-order valence-electron chi connectivity index (χ3n) is 9.84. The third kappa shape index (κ3) is 27.9. The number of phosphoric acid groups is 1. The van der Waals surface area contributed by atoms with Gasteiger partial charge in [0.15, 0.2) is 6.10 Å². The summed E-state index contributed by atoms with van der Waals surface area (Å²) in [4.78, 5) is 35.6. The normalized spacial score (nSPS) is 22.9. The van der Waals surface area contributed by atoms with Crippen LogP contribution in [0.2, 0.25) is 0 Å². The van der Waals surface area contributed by atoms with Crippen molar-refractivity contribution in [3.63, 3.8) is 0 Å². The average Bonchev–Trinajstić information content (AvgIpc) is 3.21. The van der Waals surface area contributed by atoms with Crippen molar-refractivity contribution in [2.24, 2.45) is 0 Å². The highest BCUT2D eigenvalue weighted by Gasteiger charge is 2.51. The smallest absolute Gasteiger partial charge is 0.462 e. The molecule has 59 heavy (non-hydrogen) atoms. The number of phosphoric ester groups is 1. The molecule has 3 unspecified atom stereocenters. The molecule has 14 heteroatoms. The van der Waals surface area contributed by atoms with E-state index in [0.717, 1.165) is 96.3 Å². The van der Waals surface area contributed by atoms with Crippen LogP contribution in [0.15, 0.2) is 60.8 Å². The molecular weight excluding hydrogens is 779 g/mol. The molecular formula is C45H77O13P. The number of aliphatic hydroxyl groups excluding tert-OH is 5. The summed E-state index contributed by atoms with van der Waals surface area (Å²) in [5.74, 6) is -1.14. The maximum Gasteiger partial charge on any atom is 0.472 e. The number of unbranched alkanes of at least 4 members (excludes halogenated alkanes) is 13. The van der Waals surface area contributed by atoms with Crippen molar-refractivity contribution >= 4 is 19.8 Å². The van der Waals surface area contributed by atoms with Crippen molar-refractivity contribution in [1.82, 2.24) is 0 Å². The Morgan fingerprint density at radius 3 is 1.47 bits per heavy atom. The van der Waals surface area contributed by atoms with Gasteiger partial charge in [0.05, 0.1) is 6.61 Å². The second-order valence-electron chi connectivity index (χ2n) is 15.2. The monoisotopic (exact) mass is 857 g/mol. The molecule has 1 fully saturated rings. The Labute approximate surface area is 353 Å². The molecule has 1 saturated carbocycles. The van der Waals surface area contributed by atoms with E-state index < -0.39 is 75.7 Å². The van der Waals surface area contributed by atoms with Crippen LogP contribution < -0.4 is 0 Å². The second kappa shape index (κ2) is 35.2. The highest BCUT2D eigenvalue weighted by Crippen LogP contribution is 2.47. The van der Waals surface area contributed by atoms with Gasteiger partial charge in [-0.15, -0.1) is 0 Å². The quantitative estimate of drug-likeness (QED) is 0.0154. The summed E-state index contributed by atoms with van der Waals surface area (Å²) in [6.07, 6.45) is 28.5. The summed E-state index contributed by atoms with van der Waals surface area (Å²) in [5, 5.41) is 50.1.